The van der Waals surface area contributed by atoms with E-state index >= 15 is 0 Å². The van der Waals surface area contributed by atoms with Crippen molar-refractivity contribution in [2.24, 2.45) is 0 Å². The van der Waals surface area contributed by atoms with Crippen LogP contribution in [0.3, 0.4) is 0 Å². The van der Waals surface area contributed by atoms with Crippen LogP contribution in [0.2, 0.25) is 23.2 Å². The summed E-state index contributed by atoms with van der Waals surface area (Å²) in [5.74, 6) is -0.703. The van der Waals surface area contributed by atoms with E-state index in [9.17, 15) is 12.8 Å². The molecule has 1 N–H and O–H groups in total. The van der Waals surface area contributed by atoms with E-state index in [1.165, 1.54) is 25.3 Å². The number of ether oxygens (including phenoxy) is 1. The van der Waals surface area contributed by atoms with Crippen LogP contribution >= 0.6 is 27.5 Å². The second kappa shape index (κ2) is 12.1. The van der Waals surface area contributed by atoms with Crippen LogP contribution in [0.15, 0.2) is 59.5 Å². The molecule has 0 saturated carbocycles. The highest BCUT2D eigenvalue weighted by atomic mass is 79.9. The third-order valence-electron chi connectivity index (χ3n) is 6.90. The van der Waals surface area contributed by atoms with E-state index < -0.39 is 24.2 Å². The Morgan fingerprint density at radius 2 is 1.76 bits per heavy atom. The second-order valence-electron chi connectivity index (χ2n) is 10.6. The largest absolute Gasteiger partial charge is 0.494 e. The highest BCUT2D eigenvalue weighted by Gasteiger charge is 2.36. The van der Waals surface area contributed by atoms with Crippen LogP contribution in [-0.2, 0) is 26.2 Å². The molecular weight excluding hydrogens is 609 g/mol. The van der Waals surface area contributed by atoms with Crippen LogP contribution in [0.1, 0.15) is 31.9 Å². The molecule has 0 aliphatic heterocycles. The van der Waals surface area contributed by atoms with Gasteiger partial charge >= 0.3 is 0 Å². The maximum Gasteiger partial charge on any atom is 0.265 e. The second-order valence-corrected chi connectivity index (χ2v) is 18.0. The number of alkyl halides is 1. The summed E-state index contributed by atoms with van der Waals surface area (Å²) in [6.45, 7) is 11.6. The van der Waals surface area contributed by atoms with Crippen molar-refractivity contribution < 1.29 is 22.0 Å². The SMILES string of the molecule is COc1c(Cl)cc(CBr)cc1S(=O)(=O)Nc1cc(-c2ccccc2CCO[Si](C)(C)C(C)(C)C)ccc1F. The smallest absolute Gasteiger partial charge is 0.265 e. The molecule has 206 valence electrons. The molecule has 0 heterocycles. The van der Waals surface area contributed by atoms with Gasteiger partial charge < -0.3 is 9.16 Å². The Hall–Kier alpha value is -1.91. The number of rotatable bonds is 10. The lowest BCUT2D eigenvalue weighted by Crippen LogP contribution is -2.41. The summed E-state index contributed by atoms with van der Waals surface area (Å²) < 4.78 is 55.6. The van der Waals surface area contributed by atoms with E-state index in [1.54, 1.807) is 12.1 Å². The van der Waals surface area contributed by atoms with Gasteiger partial charge in [-0.3, -0.25) is 4.72 Å². The normalized spacial score (nSPS) is 12.4. The number of nitrogens with one attached hydrogen (secondary N) is 1. The number of benzene rings is 3. The van der Waals surface area contributed by atoms with Gasteiger partial charge in [-0.2, -0.15) is 0 Å². The van der Waals surface area contributed by atoms with Gasteiger partial charge in [-0.15, -0.1) is 0 Å². The number of sulfonamides is 1. The first kappa shape index (κ1) is 30.6. The van der Waals surface area contributed by atoms with Crippen LogP contribution in [-0.4, -0.2) is 30.5 Å². The fourth-order valence-corrected chi connectivity index (χ4v) is 6.76. The summed E-state index contributed by atoms with van der Waals surface area (Å²) in [6, 6.07) is 15.3. The maximum absolute atomic E-state index is 14.9. The molecule has 3 aromatic carbocycles. The van der Waals surface area contributed by atoms with E-state index in [-0.39, 0.29) is 26.4 Å². The Kier molecular flexibility index (Phi) is 9.74. The van der Waals surface area contributed by atoms with Gasteiger partial charge in [-0.05, 0) is 71.1 Å². The Bertz CT molecular complexity index is 1410. The Balaban J connectivity index is 1.93. The zero-order valence-electron chi connectivity index (χ0n) is 22.5. The standard InChI is InChI=1S/C28H34BrClFNO4SSi/c1-28(2,3)38(5,6)36-14-13-20-9-7-8-10-22(20)21-11-12-24(31)25(17-21)32-37(33,34)26-16-19(18-29)15-23(30)27(26)35-4/h7-12,15-17,32H,13-14,18H2,1-6H3. The van der Waals surface area contributed by atoms with Crippen molar-refractivity contribution >= 4 is 51.6 Å². The van der Waals surface area contributed by atoms with Crippen LogP contribution in [0.4, 0.5) is 10.1 Å². The first-order valence-corrected chi connectivity index (χ1v) is 18.1. The molecular formula is C28H34BrClFNO4SSi. The minimum atomic E-state index is -4.22. The van der Waals surface area contributed by atoms with Gasteiger partial charge in [0.1, 0.15) is 10.7 Å². The van der Waals surface area contributed by atoms with Crippen LogP contribution in [0.25, 0.3) is 11.1 Å². The monoisotopic (exact) mass is 641 g/mol. The van der Waals surface area contributed by atoms with E-state index in [4.69, 9.17) is 20.8 Å². The lowest BCUT2D eigenvalue weighted by atomic mass is 9.97. The van der Waals surface area contributed by atoms with E-state index in [0.29, 0.717) is 29.5 Å². The molecule has 0 aromatic heterocycles. The Morgan fingerprint density at radius 1 is 1.08 bits per heavy atom. The molecule has 0 unspecified atom stereocenters. The van der Waals surface area contributed by atoms with Crippen molar-refractivity contribution in [3.05, 3.63) is 76.6 Å². The quantitative estimate of drug-likeness (QED) is 0.178. The van der Waals surface area contributed by atoms with Crippen LogP contribution < -0.4 is 9.46 Å². The van der Waals surface area contributed by atoms with Gasteiger partial charge in [0, 0.05) is 11.9 Å². The molecule has 3 aromatic rings. The molecule has 3 rings (SSSR count). The predicted molar refractivity (Wildman–Crippen MR) is 160 cm³/mol. The molecule has 0 fully saturated rings. The van der Waals surface area contributed by atoms with Crippen LogP contribution in [0, 0.1) is 5.82 Å². The molecule has 5 nitrogen and oxygen atoms in total. The van der Waals surface area contributed by atoms with Gasteiger partial charge in [-0.25, -0.2) is 12.8 Å². The van der Waals surface area contributed by atoms with Crippen molar-refractivity contribution in [3.63, 3.8) is 0 Å². The highest BCUT2D eigenvalue weighted by molar-refractivity contribution is 9.08. The minimum Gasteiger partial charge on any atom is -0.494 e. The highest BCUT2D eigenvalue weighted by Crippen LogP contribution is 2.38. The average Bonchev–Trinajstić information content (AvgIpc) is 2.84. The molecule has 0 aliphatic rings. The lowest BCUT2D eigenvalue weighted by molar-refractivity contribution is 0.292. The number of halogens is 3. The van der Waals surface area contributed by atoms with Gasteiger partial charge in [-0.1, -0.05) is 78.6 Å². The average molecular weight is 643 g/mol. The van der Waals surface area contributed by atoms with Gasteiger partial charge in [0.05, 0.1) is 17.8 Å². The van der Waals surface area contributed by atoms with Gasteiger partial charge in [0.2, 0.25) is 0 Å². The maximum atomic E-state index is 14.9. The minimum absolute atomic E-state index is 0.00694. The summed E-state index contributed by atoms with van der Waals surface area (Å²) in [4.78, 5) is -0.171. The molecule has 0 radical (unpaired) electrons. The summed E-state index contributed by atoms with van der Waals surface area (Å²) in [5.41, 5.74) is 3.07. The molecule has 0 atom stereocenters. The predicted octanol–water partition coefficient (Wildman–Crippen LogP) is 8.41. The van der Waals surface area contributed by atoms with E-state index in [0.717, 1.165) is 11.1 Å². The third-order valence-corrected chi connectivity index (χ3v) is 13.7. The van der Waals surface area contributed by atoms with Crippen LogP contribution in [0.5, 0.6) is 5.75 Å². The summed E-state index contributed by atoms with van der Waals surface area (Å²) in [7, 11) is -4.79. The lowest BCUT2D eigenvalue weighted by Gasteiger charge is -2.36. The number of hydrogen-bond donors (Lipinski definition) is 1. The fraction of sp³-hybridized carbons (Fsp3) is 0.357. The topological polar surface area (TPSA) is 64.6 Å². The first-order chi connectivity index (χ1) is 17.7. The van der Waals surface area contributed by atoms with Crippen molar-refractivity contribution in [1.29, 1.82) is 0 Å². The van der Waals surface area contributed by atoms with E-state index in [1.807, 2.05) is 24.3 Å². The third kappa shape index (κ3) is 6.99. The van der Waals surface area contributed by atoms with Gasteiger partial charge in [0.15, 0.2) is 14.1 Å². The summed E-state index contributed by atoms with van der Waals surface area (Å²) in [6.07, 6.45) is 0.677. The van der Waals surface area contributed by atoms with E-state index in [2.05, 4.69) is 54.5 Å². The zero-order valence-corrected chi connectivity index (χ0v) is 26.7. The Morgan fingerprint density at radius 3 is 2.39 bits per heavy atom. The van der Waals surface area contributed by atoms with Crippen molar-refractivity contribution in [2.75, 3.05) is 18.4 Å². The number of methoxy groups -OCH3 is 1. The van der Waals surface area contributed by atoms with Crippen molar-refractivity contribution in [3.8, 4) is 16.9 Å². The van der Waals surface area contributed by atoms with Gasteiger partial charge in [0.25, 0.3) is 10.0 Å². The molecule has 0 spiro atoms. The van der Waals surface area contributed by atoms with Crippen molar-refractivity contribution in [1.82, 2.24) is 0 Å². The fourth-order valence-electron chi connectivity index (χ4n) is 3.72. The summed E-state index contributed by atoms with van der Waals surface area (Å²) >= 11 is 9.57. The summed E-state index contributed by atoms with van der Waals surface area (Å²) in [5, 5.41) is 0.642. The van der Waals surface area contributed by atoms with Crippen molar-refractivity contribution in [2.45, 2.75) is 55.5 Å². The number of anilines is 1. The molecule has 10 heteroatoms. The number of hydrogen-bond acceptors (Lipinski definition) is 4. The Labute approximate surface area is 240 Å². The molecule has 0 saturated heterocycles. The zero-order chi connectivity index (χ0) is 28.3. The molecule has 38 heavy (non-hydrogen) atoms. The molecule has 0 amide bonds. The first-order valence-electron chi connectivity index (χ1n) is 12.2. The molecule has 0 bridgehead atoms. The molecule has 0 aliphatic carbocycles.